The van der Waals surface area contributed by atoms with Gasteiger partial charge in [-0.05, 0) is 70.8 Å². The third kappa shape index (κ3) is 5.48. The minimum atomic E-state index is -0.890. The molecule has 1 aliphatic rings. The lowest BCUT2D eigenvalue weighted by Gasteiger charge is -2.37. The Morgan fingerprint density at radius 1 is 1.18 bits per heavy atom. The number of benzene rings is 1. The predicted molar refractivity (Wildman–Crippen MR) is 114 cm³/mol. The lowest BCUT2D eigenvalue weighted by atomic mass is 9.73. The molecular weight excluding hydrogens is 374 g/mol. The van der Waals surface area contributed by atoms with Crippen LogP contribution in [-0.2, 0) is 15.0 Å². The highest BCUT2D eigenvalue weighted by atomic mass is 35.5. The molecule has 1 fully saturated rings. The molecule has 5 nitrogen and oxygen atoms in total. The Morgan fingerprint density at radius 3 is 2.36 bits per heavy atom. The third-order valence-corrected chi connectivity index (χ3v) is 6.30. The topological polar surface area (TPSA) is 66.6 Å². The number of nitrogens with two attached hydrogens (primary N) is 1. The van der Waals surface area contributed by atoms with Crippen molar-refractivity contribution in [3.8, 4) is 0 Å². The van der Waals surface area contributed by atoms with Gasteiger partial charge < -0.3 is 15.5 Å². The average molecular weight is 408 g/mol. The van der Waals surface area contributed by atoms with Gasteiger partial charge >= 0.3 is 0 Å². The van der Waals surface area contributed by atoms with E-state index < -0.39 is 5.41 Å². The van der Waals surface area contributed by atoms with Crippen LogP contribution in [-0.4, -0.2) is 53.8 Å². The molecule has 1 saturated heterocycles. The van der Waals surface area contributed by atoms with Crippen molar-refractivity contribution in [1.82, 2.24) is 9.80 Å². The minimum absolute atomic E-state index is 0.00330. The number of carbonyl (C=O) groups excluding carboxylic acids is 2. The van der Waals surface area contributed by atoms with Crippen LogP contribution in [0.5, 0.6) is 0 Å². The molecule has 1 heterocycles. The molecule has 0 saturated carbocycles. The Labute approximate surface area is 174 Å². The lowest BCUT2D eigenvalue weighted by Crippen LogP contribution is -2.48. The van der Waals surface area contributed by atoms with Gasteiger partial charge in [-0.2, -0.15) is 0 Å². The fourth-order valence-electron chi connectivity index (χ4n) is 4.25. The highest BCUT2D eigenvalue weighted by Crippen LogP contribution is 2.37. The summed E-state index contributed by atoms with van der Waals surface area (Å²) in [7, 11) is 0. The highest BCUT2D eigenvalue weighted by molar-refractivity contribution is 6.31. The van der Waals surface area contributed by atoms with Gasteiger partial charge in [-0.25, -0.2) is 0 Å². The molecule has 1 aliphatic heterocycles. The Kier molecular flexibility index (Phi) is 8.32. The van der Waals surface area contributed by atoms with E-state index in [2.05, 4.69) is 4.90 Å². The van der Waals surface area contributed by atoms with Gasteiger partial charge in [-0.1, -0.05) is 36.2 Å². The zero-order valence-corrected chi connectivity index (χ0v) is 18.2. The largest absolute Gasteiger partial charge is 0.369 e. The van der Waals surface area contributed by atoms with E-state index in [0.717, 1.165) is 25.2 Å². The summed E-state index contributed by atoms with van der Waals surface area (Å²) in [5, 5.41) is 0.555. The fourth-order valence-corrected chi connectivity index (χ4v) is 4.56. The first kappa shape index (κ1) is 22.7. The normalized spacial score (nSPS) is 17.3. The first-order valence-corrected chi connectivity index (χ1v) is 10.7. The standard InChI is InChI=1S/C22H34ClN3O2/c1-17(2)26(18(3)27)16-12-22(21(24)28,19-9-5-6-10-20(19)23)11-15-25-13-7-4-8-14-25/h5-6,9-10,17H,4,7-8,11-16H2,1-3H3,(H2,24,28)/t22-/m0/s1. The number of primary amides is 1. The van der Waals surface area contributed by atoms with Crippen molar-refractivity contribution < 1.29 is 9.59 Å². The number of likely N-dealkylation sites (tertiary alicyclic amines) is 1. The summed E-state index contributed by atoms with van der Waals surface area (Å²) in [5.41, 5.74) is 5.89. The molecule has 0 spiro atoms. The van der Waals surface area contributed by atoms with E-state index in [9.17, 15) is 9.59 Å². The van der Waals surface area contributed by atoms with E-state index in [1.165, 1.54) is 19.3 Å². The predicted octanol–water partition coefficient (Wildman–Crippen LogP) is 3.59. The molecule has 6 heteroatoms. The number of nitrogens with zero attached hydrogens (tertiary/aromatic N) is 2. The van der Waals surface area contributed by atoms with Crippen molar-refractivity contribution in [3.63, 3.8) is 0 Å². The molecular formula is C22H34ClN3O2. The van der Waals surface area contributed by atoms with Crippen LogP contribution < -0.4 is 5.73 Å². The molecule has 2 rings (SSSR count). The summed E-state index contributed by atoms with van der Waals surface area (Å²) in [6.45, 7) is 8.92. The van der Waals surface area contributed by atoms with Gasteiger partial charge in [0.2, 0.25) is 11.8 Å². The van der Waals surface area contributed by atoms with Crippen molar-refractivity contribution in [2.45, 2.75) is 64.3 Å². The highest BCUT2D eigenvalue weighted by Gasteiger charge is 2.40. The van der Waals surface area contributed by atoms with Crippen LogP contribution in [0.4, 0.5) is 0 Å². The maximum atomic E-state index is 12.8. The molecule has 28 heavy (non-hydrogen) atoms. The lowest BCUT2D eigenvalue weighted by molar-refractivity contribution is -0.132. The van der Waals surface area contributed by atoms with Crippen LogP contribution in [0.15, 0.2) is 24.3 Å². The summed E-state index contributed by atoms with van der Waals surface area (Å²) in [6, 6.07) is 7.53. The smallest absolute Gasteiger partial charge is 0.228 e. The summed E-state index contributed by atoms with van der Waals surface area (Å²) < 4.78 is 0. The monoisotopic (exact) mass is 407 g/mol. The van der Waals surface area contributed by atoms with Crippen molar-refractivity contribution in [2.75, 3.05) is 26.2 Å². The number of piperidine rings is 1. The Bertz CT molecular complexity index is 674. The summed E-state index contributed by atoms with van der Waals surface area (Å²) >= 11 is 6.51. The van der Waals surface area contributed by atoms with Gasteiger partial charge in [0.15, 0.2) is 0 Å². The first-order valence-electron chi connectivity index (χ1n) is 10.3. The molecule has 0 bridgehead atoms. The number of rotatable bonds is 9. The Morgan fingerprint density at radius 2 is 1.82 bits per heavy atom. The molecule has 0 radical (unpaired) electrons. The van der Waals surface area contributed by atoms with Gasteiger partial charge in [0.1, 0.15) is 0 Å². The van der Waals surface area contributed by atoms with Crippen LogP contribution in [0.3, 0.4) is 0 Å². The van der Waals surface area contributed by atoms with Gasteiger partial charge in [-0.15, -0.1) is 0 Å². The summed E-state index contributed by atoms with van der Waals surface area (Å²) in [6.07, 6.45) is 4.74. The van der Waals surface area contributed by atoms with E-state index in [4.69, 9.17) is 17.3 Å². The fraction of sp³-hybridized carbons (Fsp3) is 0.636. The average Bonchev–Trinajstić information content (AvgIpc) is 2.65. The molecule has 0 aliphatic carbocycles. The number of hydrogen-bond donors (Lipinski definition) is 1. The Hall–Kier alpha value is -1.59. The molecule has 1 aromatic carbocycles. The zero-order valence-electron chi connectivity index (χ0n) is 17.4. The van der Waals surface area contributed by atoms with E-state index >= 15 is 0 Å². The van der Waals surface area contributed by atoms with Crippen LogP contribution in [0.1, 0.15) is 58.4 Å². The summed E-state index contributed by atoms with van der Waals surface area (Å²) in [4.78, 5) is 29.1. The molecule has 2 amide bonds. The second kappa shape index (κ2) is 10.3. The molecule has 0 unspecified atom stereocenters. The number of amides is 2. The molecule has 156 valence electrons. The van der Waals surface area contributed by atoms with Crippen molar-refractivity contribution in [1.29, 1.82) is 0 Å². The zero-order chi connectivity index (χ0) is 20.7. The number of carbonyl (C=O) groups is 2. The van der Waals surface area contributed by atoms with E-state index in [1.807, 2.05) is 32.0 Å². The van der Waals surface area contributed by atoms with E-state index in [-0.39, 0.29) is 17.9 Å². The van der Waals surface area contributed by atoms with Crippen LogP contribution in [0, 0.1) is 0 Å². The van der Waals surface area contributed by atoms with Crippen molar-refractivity contribution in [2.24, 2.45) is 5.73 Å². The molecule has 1 aromatic rings. The number of halogens is 1. The Balaban J connectivity index is 2.32. The van der Waals surface area contributed by atoms with Gasteiger partial charge in [0.05, 0.1) is 5.41 Å². The van der Waals surface area contributed by atoms with Crippen LogP contribution >= 0.6 is 11.6 Å². The van der Waals surface area contributed by atoms with Crippen molar-refractivity contribution in [3.05, 3.63) is 34.9 Å². The van der Waals surface area contributed by atoms with E-state index in [1.54, 1.807) is 17.9 Å². The first-order chi connectivity index (χ1) is 13.3. The second-order valence-electron chi connectivity index (χ2n) is 8.13. The van der Waals surface area contributed by atoms with Gasteiger partial charge in [0, 0.05) is 24.5 Å². The maximum Gasteiger partial charge on any atom is 0.228 e. The third-order valence-electron chi connectivity index (χ3n) is 5.97. The maximum absolute atomic E-state index is 12.8. The molecule has 1 atom stereocenters. The van der Waals surface area contributed by atoms with Gasteiger partial charge in [-0.3, -0.25) is 9.59 Å². The molecule has 2 N–H and O–H groups in total. The SMILES string of the molecule is CC(=O)N(CC[C@](CCN1CCCCC1)(C(N)=O)c1ccccc1Cl)C(C)C. The van der Waals surface area contributed by atoms with E-state index in [0.29, 0.717) is 24.4 Å². The van der Waals surface area contributed by atoms with Crippen LogP contribution in [0.25, 0.3) is 0 Å². The minimum Gasteiger partial charge on any atom is -0.369 e. The molecule has 0 aromatic heterocycles. The van der Waals surface area contributed by atoms with Crippen LogP contribution in [0.2, 0.25) is 5.02 Å². The van der Waals surface area contributed by atoms with Crippen molar-refractivity contribution >= 4 is 23.4 Å². The quantitative estimate of drug-likeness (QED) is 0.680. The second-order valence-corrected chi connectivity index (χ2v) is 8.54. The number of hydrogen-bond acceptors (Lipinski definition) is 3. The van der Waals surface area contributed by atoms with Gasteiger partial charge in [0.25, 0.3) is 0 Å². The summed E-state index contributed by atoms with van der Waals surface area (Å²) in [5.74, 6) is -0.367.